The predicted octanol–water partition coefficient (Wildman–Crippen LogP) is 4.55. The minimum absolute atomic E-state index is 0.480. The van der Waals surface area contributed by atoms with E-state index in [9.17, 15) is 0 Å². The molecule has 1 heterocycles. The molecule has 2 aromatic rings. The average molecular weight is 294 g/mol. The molecule has 0 saturated carbocycles. The molecular formula is C16H20ClNS. The van der Waals surface area contributed by atoms with Gasteiger partial charge in [0.15, 0.2) is 0 Å². The van der Waals surface area contributed by atoms with E-state index in [4.69, 9.17) is 11.6 Å². The van der Waals surface area contributed by atoms with E-state index in [-0.39, 0.29) is 0 Å². The molecule has 1 atom stereocenters. The van der Waals surface area contributed by atoms with E-state index in [1.54, 1.807) is 11.3 Å². The Hall–Kier alpha value is -0.830. The van der Waals surface area contributed by atoms with E-state index in [1.165, 1.54) is 11.1 Å². The van der Waals surface area contributed by atoms with Crippen LogP contribution in [0.2, 0.25) is 5.02 Å². The van der Waals surface area contributed by atoms with Gasteiger partial charge in [-0.2, -0.15) is 11.3 Å². The third kappa shape index (κ3) is 4.98. The average Bonchev–Trinajstić information content (AvgIpc) is 2.89. The normalized spacial score (nSPS) is 12.5. The lowest BCUT2D eigenvalue weighted by molar-refractivity contribution is 0.505. The number of benzene rings is 1. The zero-order chi connectivity index (χ0) is 13.5. The van der Waals surface area contributed by atoms with Gasteiger partial charge in [0.1, 0.15) is 0 Å². The highest BCUT2D eigenvalue weighted by atomic mass is 35.5. The van der Waals surface area contributed by atoms with Crippen molar-refractivity contribution < 1.29 is 0 Å². The summed E-state index contributed by atoms with van der Waals surface area (Å²) < 4.78 is 0. The van der Waals surface area contributed by atoms with Gasteiger partial charge in [0, 0.05) is 11.1 Å². The molecule has 3 heteroatoms. The summed E-state index contributed by atoms with van der Waals surface area (Å²) in [7, 11) is 0. The monoisotopic (exact) mass is 293 g/mol. The molecule has 0 spiro atoms. The van der Waals surface area contributed by atoms with Crippen molar-refractivity contribution in [3.63, 3.8) is 0 Å². The molecule has 1 aromatic carbocycles. The second-order valence-electron chi connectivity index (χ2n) is 4.82. The van der Waals surface area contributed by atoms with Crippen molar-refractivity contribution in [3.8, 4) is 0 Å². The molecule has 0 saturated heterocycles. The number of nitrogens with one attached hydrogen (secondary N) is 1. The van der Waals surface area contributed by atoms with Crippen LogP contribution in [0.5, 0.6) is 0 Å². The SMILES string of the molecule is CCCNC(Cc1ccsc1)Cc1cccc(Cl)c1. The topological polar surface area (TPSA) is 12.0 Å². The molecule has 2 rings (SSSR count). The Morgan fingerprint density at radius 2 is 2.05 bits per heavy atom. The smallest absolute Gasteiger partial charge is 0.0408 e. The number of hydrogen-bond acceptors (Lipinski definition) is 2. The van der Waals surface area contributed by atoms with E-state index in [0.29, 0.717) is 6.04 Å². The molecular weight excluding hydrogens is 274 g/mol. The first-order chi connectivity index (χ1) is 9.28. The van der Waals surface area contributed by atoms with Gasteiger partial charge in [-0.15, -0.1) is 0 Å². The lowest BCUT2D eigenvalue weighted by atomic mass is 10.0. The summed E-state index contributed by atoms with van der Waals surface area (Å²) >= 11 is 7.82. The number of halogens is 1. The maximum atomic E-state index is 6.06. The van der Waals surface area contributed by atoms with Crippen molar-refractivity contribution in [3.05, 3.63) is 57.2 Å². The van der Waals surface area contributed by atoms with Gasteiger partial charge in [-0.05, 0) is 65.9 Å². The third-order valence-electron chi connectivity index (χ3n) is 3.12. The maximum Gasteiger partial charge on any atom is 0.0408 e. The van der Waals surface area contributed by atoms with Gasteiger partial charge in [0.05, 0.1) is 0 Å². The lowest BCUT2D eigenvalue weighted by Crippen LogP contribution is -2.33. The molecule has 1 unspecified atom stereocenters. The van der Waals surface area contributed by atoms with Crippen molar-refractivity contribution in [1.82, 2.24) is 5.32 Å². The van der Waals surface area contributed by atoms with Gasteiger partial charge in [0.2, 0.25) is 0 Å². The Morgan fingerprint density at radius 1 is 1.21 bits per heavy atom. The fraction of sp³-hybridized carbons (Fsp3) is 0.375. The van der Waals surface area contributed by atoms with Gasteiger partial charge in [-0.3, -0.25) is 0 Å². The molecule has 1 N–H and O–H groups in total. The van der Waals surface area contributed by atoms with Crippen LogP contribution in [0.25, 0.3) is 0 Å². The summed E-state index contributed by atoms with van der Waals surface area (Å²) in [6.45, 7) is 3.27. The first-order valence-corrected chi connectivity index (χ1v) is 8.09. The van der Waals surface area contributed by atoms with Gasteiger partial charge in [-0.25, -0.2) is 0 Å². The summed E-state index contributed by atoms with van der Waals surface area (Å²) in [6.07, 6.45) is 3.27. The molecule has 0 aliphatic rings. The highest BCUT2D eigenvalue weighted by Gasteiger charge is 2.10. The van der Waals surface area contributed by atoms with Gasteiger partial charge in [0.25, 0.3) is 0 Å². The molecule has 0 amide bonds. The second-order valence-corrected chi connectivity index (χ2v) is 6.04. The van der Waals surface area contributed by atoms with Crippen molar-refractivity contribution >= 4 is 22.9 Å². The van der Waals surface area contributed by atoms with Crippen molar-refractivity contribution in [2.45, 2.75) is 32.2 Å². The quantitative estimate of drug-likeness (QED) is 0.789. The van der Waals surface area contributed by atoms with Gasteiger partial charge >= 0.3 is 0 Å². The largest absolute Gasteiger partial charge is 0.313 e. The summed E-state index contributed by atoms with van der Waals surface area (Å²) in [5.41, 5.74) is 2.72. The zero-order valence-electron chi connectivity index (χ0n) is 11.2. The summed E-state index contributed by atoms with van der Waals surface area (Å²) in [6, 6.07) is 10.9. The number of rotatable bonds is 7. The minimum Gasteiger partial charge on any atom is -0.313 e. The highest BCUT2D eigenvalue weighted by molar-refractivity contribution is 7.07. The van der Waals surface area contributed by atoms with E-state index < -0.39 is 0 Å². The molecule has 0 aliphatic carbocycles. The molecule has 0 radical (unpaired) electrons. The van der Waals surface area contributed by atoms with Crippen LogP contribution in [0.1, 0.15) is 24.5 Å². The van der Waals surface area contributed by atoms with Crippen LogP contribution < -0.4 is 5.32 Å². The fourth-order valence-electron chi connectivity index (χ4n) is 2.21. The van der Waals surface area contributed by atoms with Crippen LogP contribution in [-0.2, 0) is 12.8 Å². The molecule has 1 aromatic heterocycles. The van der Waals surface area contributed by atoms with Gasteiger partial charge < -0.3 is 5.32 Å². The Kier molecular flexibility index (Phi) is 5.90. The Bertz CT molecular complexity index is 481. The lowest BCUT2D eigenvalue weighted by Gasteiger charge is -2.18. The van der Waals surface area contributed by atoms with Crippen LogP contribution in [0.3, 0.4) is 0 Å². The Labute approximate surface area is 124 Å². The van der Waals surface area contributed by atoms with Crippen LogP contribution >= 0.6 is 22.9 Å². The molecule has 0 fully saturated rings. The second kappa shape index (κ2) is 7.68. The van der Waals surface area contributed by atoms with E-state index in [0.717, 1.165) is 30.8 Å². The van der Waals surface area contributed by atoms with Crippen LogP contribution in [0, 0.1) is 0 Å². The molecule has 102 valence electrons. The Morgan fingerprint density at radius 3 is 2.74 bits per heavy atom. The van der Waals surface area contributed by atoms with E-state index in [2.05, 4.69) is 41.2 Å². The Balaban J connectivity index is 2.00. The predicted molar refractivity (Wildman–Crippen MR) is 85.3 cm³/mol. The van der Waals surface area contributed by atoms with Crippen LogP contribution in [-0.4, -0.2) is 12.6 Å². The summed E-state index contributed by atoms with van der Waals surface area (Å²) in [5, 5.41) is 8.84. The van der Waals surface area contributed by atoms with Crippen LogP contribution in [0.4, 0.5) is 0 Å². The van der Waals surface area contributed by atoms with Crippen molar-refractivity contribution in [2.24, 2.45) is 0 Å². The van der Waals surface area contributed by atoms with E-state index >= 15 is 0 Å². The summed E-state index contributed by atoms with van der Waals surface area (Å²) in [4.78, 5) is 0. The summed E-state index contributed by atoms with van der Waals surface area (Å²) in [5.74, 6) is 0. The zero-order valence-corrected chi connectivity index (χ0v) is 12.8. The molecule has 1 nitrogen and oxygen atoms in total. The van der Waals surface area contributed by atoms with Crippen LogP contribution in [0.15, 0.2) is 41.1 Å². The fourth-order valence-corrected chi connectivity index (χ4v) is 3.10. The molecule has 19 heavy (non-hydrogen) atoms. The highest BCUT2D eigenvalue weighted by Crippen LogP contribution is 2.15. The maximum absolute atomic E-state index is 6.06. The third-order valence-corrected chi connectivity index (χ3v) is 4.08. The molecule has 0 aliphatic heterocycles. The first kappa shape index (κ1) is 14.6. The van der Waals surface area contributed by atoms with Crippen molar-refractivity contribution in [2.75, 3.05) is 6.54 Å². The minimum atomic E-state index is 0.480. The number of hydrogen-bond donors (Lipinski definition) is 1. The molecule has 0 bridgehead atoms. The van der Waals surface area contributed by atoms with Gasteiger partial charge in [-0.1, -0.05) is 30.7 Å². The van der Waals surface area contributed by atoms with Crippen molar-refractivity contribution in [1.29, 1.82) is 0 Å². The first-order valence-electron chi connectivity index (χ1n) is 6.77. The van der Waals surface area contributed by atoms with E-state index in [1.807, 2.05) is 12.1 Å². The number of thiophene rings is 1. The standard InChI is InChI=1S/C16H20ClNS/c1-2-7-18-16(11-14-6-8-19-12-14)10-13-4-3-5-15(17)9-13/h3-6,8-9,12,16,18H,2,7,10-11H2,1H3.